The minimum Gasteiger partial charge on any atom is -0.490 e. The summed E-state index contributed by atoms with van der Waals surface area (Å²) in [7, 11) is 3.17. The van der Waals surface area contributed by atoms with E-state index in [0.717, 1.165) is 0 Å². The molecule has 148 valence electrons. The number of nitrogens with zero attached hydrogens (tertiary/aromatic N) is 3. The van der Waals surface area contributed by atoms with Crippen LogP contribution < -0.4 is 19.7 Å². The third-order valence-corrected chi connectivity index (χ3v) is 4.47. The smallest absolute Gasteiger partial charge is 0.262 e. The Morgan fingerprint density at radius 1 is 1.46 bits per heavy atom. The maximum absolute atomic E-state index is 12.8. The standard InChI is InChI=1S/C20H24N4O4/c1-6-9-24-15-8-7-13(10-16(15)28-12-20(2,3)19(24)26)21-17(25)14-11-23(4)22-18(14)27-5/h6-8,10-11H,1,9,12H2,2-5H3,(H,21,25). The Hall–Kier alpha value is -3.29. The Morgan fingerprint density at radius 3 is 2.89 bits per heavy atom. The van der Waals surface area contributed by atoms with Crippen LogP contribution in [0, 0.1) is 5.41 Å². The van der Waals surface area contributed by atoms with Gasteiger partial charge in [0.1, 0.15) is 17.9 Å². The van der Waals surface area contributed by atoms with Crippen LogP contribution in [0.2, 0.25) is 0 Å². The molecule has 0 saturated heterocycles. The number of methoxy groups -OCH3 is 1. The molecule has 0 aliphatic carbocycles. The molecule has 1 N–H and O–H groups in total. The van der Waals surface area contributed by atoms with E-state index in [2.05, 4.69) is 17.0 Å². The summed E-state index contributed by atoms with van der Waals surface area (Å²) < 4.78 is 12.5. The third kappa shape index (κ3) is 3.58. The zero-order valence-corrected chi connectivity index (χ0v) is 16.5. The van der Waals surface area contributed by atoms with Gasteiger partial charge in [-0.15, -0.1) is 11.7 Å². The summed E-state index contributed by atoms with van der Waals surface area (Å²) in [6.45, 7) is 8.03. The molecular formula is C20H24N4O4. The molecule has 2 amide bonds. The predicted molar refractivity (Wildman–Crippen MR) is 106 cm³/mol. The summed E-state index contributed by atoms with van der Waals surface area (Å²) in [5, 5.41) is 6.90. The summed E-state index contributed by atoms with van der Waals surface area (Å²) in [5.74, 6) is 0.383. The van der Waals surface area contributed by atoms with Crippen molar-refractivity contribution >= 4 is 23.2 Å². The van der Waals surface area contributed by atoms with Crippen LogP contribution in [0.3, 0.4) is 0 Å². The van der Waals surface area contributed by atoms with Crippen LogP contribution in [-0.2, 0) is 11.8 Å². The van der Waals surface area contributed by atoms with Crippen molar-refractivity contribution in [3.63, 3.8) is 0 Å². The summed E-state index contributed by atoms with van der Waals surface area (Å²) in [5.41, 5.74) is 0.840. The molecule has 3 rings (SSSR count). The van der Waals surface area contributed by atoms with Crippen LogP contribution in [0.25, 0.3) is 0 Å². The molecule has 0 spiro atoms. The van der Waals surface area contributed by atoms with Crippen molar-refractivity contribution in [2.24, 2.45) is 12.5 Å². The molecule has 8 heteroatoms. The average molecular weight is 384 g/mol. The van der Waals surface area contributed by atoms with Crippen molar-refractivity contribution in [3.8, 4) is 11.6 Å². The van der Waals surface area contributed by atoms with E-state index in [1.807, 2.05) is 13.8 Å². The molecule has 2 aromatic rings. The van der Waals surface area contributed by atoms with Crippen molar-refractivity contribution < 1.29 is 19.1 Å². The van der Waals surface area contributed by atoms with Crippen LogP contribution >= 0.6 is 0 Å². The van der Waals surface area contributed by atoms with E-state index in [1.54, 1.807) is 42.4 Å². The van der Waals surface area contributed by atoms with Gasteiger partial charge < -0.3 is 19.7 Å². The topological polar surface area (TPSA) is 85.7 Å². The van der Waals surface area contributed by atoms with Crippen LogP contribution in [0.4, 0.5) is 11.4 Å². The summed E-state index contributed by atoms with van der Waals surface area (Å²) in [6, 6.07) is 5.19. The molecule has 0 unspecified atom stereocenters. The second-order valence-corrected chi connectivity index (χ2v) is 7.24. The fourth-order valence-corrected chi connectivity index (χ4v) is 3.01. The number of carbonyl (C=O) groups excluding carboxylic acids is 2. The first kappa shape index (κ1) is 19.5. The van der Waals surface area contributed by atoms with Gasteiger partial charge in [0.05, 0.1) is 18.2 Å². The second kappa shape index (κ2) is 7.38. The summed E-state index contributed by atoms with van der Waals surface area (Å²) in [4.78, 5) is 27.1. The van der Waals surface area contributed by atoms with E-state index >= 15 is 0 Å². The quantitative estimate of drug-likeness (QED) is 0.801. The Bertz CT molecular complexity index is 932. The molecular weight excluding hydrogens is 360 g/mol. The van der Waals surface area contributed by atoms with Crippen LogP contribution in [0.1, 0.15) is 24.2 Å². The number of hydrogen-bond acceptors (Lipinski definition) is 5. The fourth-order valence-electron chi connectivity index (χ4n) is 3.01. The first-order chi connectivity index (χ1) is 13.3. The highest BCUT2D eigenvalue weighted by Gasteiger charge is 2.37. The molecule has 0 radical (unpaired) electrons. The zero-order chi connectivity index (χ0) is 20.5. The van der Waals surface area contributed by atoms with Gasteiger partial charge in [-0.3, -0.25) is 14.3 Å². The van der Waals surface area contributed by atoms with Crippen molar-refractivity contribution in [2.45, 2.75) is 13.8 Å². The number of hydrogen-bond donors (Lipinski definition) is 1. The van der Waals surface area contributed by atoms with Gasteiger partial charge in [0.15, 0.2) is 0 Å². The van der Waals surface area contributed by atoms with E-state index in [-0.39, 0.29) is 24.3 Å². The molecule has 28 heavy (non-hydrogen) atoms. The number of amides is 2. The first-order valence-corrected chi connectivity index (χ1v) is 8.85. The van der Waals surface area contributed by atoms with Gasteiger partial charge in [-0.25, -0.2) is 0 Å². The molecule has 1 aliphatic heterocycles. The average Bonchev–Trinajstić information content (AvgIpc) is 3.01. The maximum atomic E-state index is 12.8. The van der Waals surface area contributed by atoms with E-state index in [4.69, 9.17) is 9.47 Å². The molecule has 2 heterocycles. The van der Waals surface area contributed by atoms with E-state index in [9.17, 15) is 9.59 Å². The Labute approximate surface area is 163 Å². The number of rotatable bonds is 5. The van der Waals surface area contributed by atoms with Crippen LogP contribution in [-0.4, -0.2) is 41.9 Å². The molecule has 0 atom stereocenters. The SMILES string of the molecule is C=CCN1C(=O)C(C)(C)COc2cc(NC(=O)c3cn(C)nc3OC)ccc21. The molecule has 8 nitrogen and oxygen atoms in total. The van der Waals surface area contributed by atoms with Gasteiger partial charge in [0, 0.05) is 31.5 Å². The Morgan fingerprint density at radius 2 is 2.21 bits per heavy atom. The summed E-state index contributed by atoms with van der Waals surface area (Å²) >= 11 is 0. The first-order valence-electron chi connectivity index (χ1n) is 8.85. The number of fused-ring (bicyclic) bond motifs is 1. The molecule has 1 aliphatic rings. The van der Waals surface area contributed by atoms with Gasteiger partial charge in [-0.1, -0.05) is 6.08 Å². The molecule has 1 aromatic heterocycles. The maximum Gasteiger partial charge on any atom is 0.262 e. The lowest BCUT2D eigenvalue weighted by atomic mass is 9.93. The number of benzene rings is 1. The van der Waals surface area contributed by atoms with Crippen LogP contribution in [0.15, 0.2) is 37.1 Å². The normalized spacial score (nSPS) is 15.3. The third-order valence-electron chi connectivity index (χ3n) is 4.47. The highest BCUT2D eigenvalue weighted by atomic mass is 16.5. The lowest BCUT2D eigenvalue weighted by molar-refractivity contribution is -0.127. The van der Waals surface area contributed by atoms with Gasteiger partial charge in [-0.2, -0.15) is 0 Å². The number of ether oxygens (including phenoxy) is 2. The van der Waals surface area contributed by atoms with E-state index in [1.165, 1.54) is 11.8 Å². The van der Waals surface area contributed by atoms with Gasteiger partial charge in [0.2, 0.25) is 11.8 Å². The number of carbonyl (C=O) groups is 2. The molecule has 0 saturated carbocycles. The Kier molecular flexibility index (Phi) is 5.13. The van der Waals surface area contributed by atoms with Gasteiger partial charge in [-0.05, 0) is 26.0 Å². The molecule has 1 aromatic carbocycles. The minimum absolute atomic E-state index is 0.0389. The van der Waals surface area contributed by atoms with E-state index < -0.39 is 5.41 Å². The summed E-state index contributed by atoms with van der Waals surface area (Å²) in [6.07, 6.45) is 3.26. The zero-order valence-electron chi connectivity index (χ0n) is 16.5. The van der Waals surface area contributed by atoms with E-state index in [0.29, 0.717) is 29.2 Å². The fraction of sp³-hybridized carbons (Fsp3) is 0.350. The van der Waals surface area contributed by atoms with Crippen molar-refractivity contribution in [3.05, 3.63) is 42.6 Å². The number of aromatic nitrogens is 2. The van der Waals surface area contributed by atoms with Crippen molar-refractivity contribution in [1.29, 1.82) is 0 Å². The Balaban J connectivity index is 1.91. The van der Waals surface area contributed by atoms with Gasteiger partial charge >= 0.3 is 0 Å². The number of nitrogens with one attached hydrogen (secondary N) is 1. The lowest BCUT2D eigenvalue weighted by Gasteiger charge is -2.27. The largest absolute Gasteiger partial charge is 0.490 e. The van der Waals surface area contributed by atoms with Crippen molar-refractivity contribution in [1.82, 2.24) is 9.78 Å². The second-order valence-electron chi connectivity index (χ2n) is 7.24. The lowest BCUT2D eigenvalue weighted by Crippen LogP contribution is -2.42. The highest BCUT2D eigenvalue weighted by Crippen LogP contribution is 2.38. The molecule has 0 bridgehead atoms. The highest BCUT2D eigenvalue weighted by molar-refractivity contribution is 6.06. The number of anilines is 2. The van der Waals surface area contributed by atoms with Crippen molar-refractivity contribution in [2.75, 3.05) is 30.5 Å². The number of aryl methyl sites for hydroxylation is 1. The predicted octanol–water partition coefficient (Wildman–Crippen LogP) is 2.62. The molecule has 0 fully saturated rings. The van der Waals surface area contributed by atoms with Gasteiger partial charge in [0.25, 0.3) is 5.91 Å². The minimum atomic E-state index is -0.672. The monoisotopic (exact) mass is 384 g/mol. The van der Waals surface area contributed by atoms with Crippen LogP contribution in [0.5, 0.6) is 11.6 Å².